The molecule has 5 rings (SSSR count). The normalized spacial score (nSPS) is 21.6. The van der Waals surface area contributed by atoms with Crippen molar-refractivity contribution in [2.24, 2.45) is 5.92 Å². The van der Waals surface area contributed by atoms with Gasteiger partial charge in [-0.3, -0.25) is 4.79 Å². The molecule has 2 heterocycles. The van der Waals surface area contributed by atoms with E-state index in [1.807, 2.05) is 0 Å². The fourth-order valence-corrected chi connectivity index (χ4v) is 4.19. The average Bonchev–Trinajstić information content (AvgIpc) is 2.96. The Hall–Kier alpha value is -2.80. The number of hydrogen-bond donors (Lipinski definition) is 2. The first-order valence-electron chi connectivity index (χ1n) is 9.64. The molecule has 2 aromatic carbocycles. The van der Waals surface area contributed by atoms with Crippen molar-refractivity contribution in [3.63, 3.8) is 0 Å². The molecule has 3 aromatic rings. The highest BCUT2D eigenvalue weighted by atomic mass is 19.1. The molecule has 2 fully saturated rings. The van der Waals surface area contributed by atoms with Crippen molar-refractivity contribution >= 4 is 16.8 Å². The highest BCUT2D eigenvalue weighted by Gasteiger charge is 2.37. The number of carbonyl (C=O) groups excluding carboxylic acids is 1. The molecule has 1 saturated carbocycles. The van der Waals surface area contributed by atoms with Gasteiger partial charge < -0.3 is 15.0 Å². The van der Waals surface area contributed by atoms with Crippen molar-refractivity contribution in [2.75, 3.05) is 13.2 Å². The van der Waals surface area contributed by atoms with Crippen LogP contribution in [-0.2, 0) is 9.53 Å². The highest BCUT2D eigenvalue weighted by Crippen LogP contribution is 2.45. The minimum atomic E-state index is -0.663. The number of fused-ring (bicyclic) bond motifs is 1. The minimum Gasteiger partial charge on any atom is -0.380 e. The summed E-state index contributed by atoms with van der Waals surface area (Å²) in [6.07, 6.45) is 1.36. The topological polar surface area (TPSA) is 54.1 Å². The molecule has 7 heteroatoms. The molecule has 150 valence electrons. The average molecular weight is 400 g/mol. The van der Waals surface area contributed by atoms with Crippen molar-refractivity contribution in [3.05, 3.63) is 59.4 Å². The summed E-state index contributed by atoms with van der Waals surface area (Å²) in [7, 11) is 0. The Morgan fingerprint density at radius 1 is 1.03 bits per heavy atom. The van der Waals surface area contributed by atoms with Crippen LogP contribution in [0.15, 0.2) is 36.4 Å². The van der Waals surface area contributed by atoms with Crippen LogP contribution < -0.4 is 5.32 Å². The monoisotopic (exact) mass is 400 g/mol. The molecule has 1 aromatic heterocycles. The molecule has 0 bridgehead atoms. The second-order valence-corrected chi connectivity index (χ2v) is 7.84. The van der Waals surface area contributed by atoms with Gasteiger partial charge in [0.25, 0.3) is 0 Å². The van der Waals surface area contributed by atoms with Gasteiger partial charge in [-0.1, -0.05) is 0 Å². The number of H-pyrrole nitrogens is 1. The number of halogens is 3. The molecule has 29 heavy (non-hydrogen) atoms. The van der Waals surface area contributed by atoms with Crippen LogP contribution in [0.25, 0.3) is 22.2 Å². The van der Waals surface area contributed by atoms with Crippen LogP contribution in [0.5, 0.6) is 0 Å². The third-order valence-electron chi connectivity index (χ3n) is 5.90. The summed E-state index contributed by atoms with van der Waals surface area (Å²) >= 11 is 0. The molecule has 0 unspecified atom stereocenters. The first kappa shape index (κ1) is 18.2. The zero-order valence-electron chi connectivity index (χ0n) is 15.5. The summed E-state index contributed by atoms with van der Waals surface area (Å²) in [6.45, 7) is 0.912. The van der Waals surface area contributed by atoms with Gasteiger partial charge in [-0.25, -0.2) is 13.2 Å². The van der Waals surface area contributed by atoms with E-state index < -0.39 is 11.6 Å². The first-order valence-corrected chi connectivity index (χ1v) is 9.64. The van der Waals surface area contributed by atoms with Crippen molar-refractivity contribution < 1.29 is 22.7 Å². The largest absolute Gasteiger partial charge is 0.380 e. The van der Waals surface area contributed by atoms with E-state index in [-0.39, 0.29) is 35.1 Å². The van der Waals surface area contributed by atoms with Gasteiger partial charge in [0, 0.05) is 17.5 Å². The summed E-state index contributed by atoms with van der Waals surface area (Å²) in [5.41, 5.74) is 2.41. The number of rotatable bonds is 4. The highest BCUT2D eigenvalue weighted by molar-refractivity contribution is 5.92. The summed E-state index contributed by atoms with van der Waals surface area (Å²) in [5, 5.41) is 3.51. The number of nitrogens with one attached hydrogen (secondary N) is 2. The molecule has 1 aliphatic carbocycles. The van der Waals surface area contributed by atoms with Gasteiger partial charge in [0.15, 0.2) is 0 Å². The van der Waals surface area contributed by atoms with Crippen LogP contribution in [0.1, 0.15) is 24.3 Å². The van der Waals surface area contributed by atoms with Crippen LogP contribution in [-0.4, -0.2) is 30.1 Å². The van der Waals surface area contributed by atoms with Gasteiger partial charge in [0.1, 0.15) is 17.5 Å². The van der Waals surface area contributed by atoms with Crippen molar-refractivity contribution in [1.82, 2.24) is 10.3 Å². The number of ether oxygens (including phenoxy) is 1. The molecular formula is C22H19F3N2O2. The lowest BCUT2D eigenvalue weighted by atomic mass is 9.74. The van der Waals surface area contributed by atoms with Crippen molar-refractivity contribution in [3.8, 4) is 11.3 Å². The number of aromatic nitrogens is 1. The zero-order valence-corrected chi connectivity index (χ0v) is 15.5. The van der Waals surface area contributed by atoms with Gasteiger partial charge in [0.2, 0.25) is 5.91 Å². The van der Waals surface area contributed by atoms with Crippen LogP contribution in [0.3, 0.4) is 0 Å². The summed E-state index contributed by atoms with van der Waals surface area (Å²) in [6, 6.07) is 8.12. The summed E-state index contributed by atoms with van der Waals surface area (Å²) in [5.74, 6) is -1.73. The molecule has 2 N–H and O–H groups in total. The Morgan fingerprint density at radius 2 is 1.76 bits per heavy atom. The third kappa shape index (κ3) is 3.19. The number of hydrogen-bond acceptors (Lipinski definition) is 2. The Bertz CT molecular complexity index is 1080. The Morgan fingerprint density at radius 3 is 2.41 bits per heavy atom. The van der Waals surface area contributed by atoms with Gasteiger partial charge in [-0.2, -0.15) is 0 Å². The predicted octanol–water partition coefficient (Wildman–Crippen LogP) is 4.26. The van der Waals surface area contributed by atoms with Crippen molar-refractivity contribution in [1.29, 1.82) is 0 Å². The third-order valence-corrected chi connectivity index (χ3v) is 5.90. The van der Waals surface area contributed by atoms with Gasteiger partial charge in [-0.15, -0.1) is 0 Å². The van der Waals surface area contributed by atoms with Crippen LogP contribution >= 0.6 is 0 Å². The van der Waals surface area contributed by atoms with E-state index in [1.54, 1.807) is 12.1 Å². The lowest BCUT2D eigenvalue weighted by molar-refractivity contribution is -0.140. The fraction of sp³-hybridized carbons (Fsp3) is 0.318. The summed E-state index contributed by atoms with van der Waals surface area (Å²) in [4.78, 5) is 15.2. The lowest BCUT2D eigenvalue weighted by Crippen LogP contribution is -2.50. The number of aromatic amines is 1. The summed E-state index contributed by atoms with van der Waals surface area (Å²) < 4.78 is 46.7. The van der Waals surface area contributed by atoms with Gasteiger partial charge in [0.05, 0.1) is 30.3 Å². The zero-order chi connectivity index (χ0) is 20.1. The standard InChI is InChI=1S/C22H19F3N2O2/c23-14-3-1-11(2-4-14)20-19(17-7-15(24)8-18(25)21(17)27-20)12-5-16(6-12)26-22(28)13-9-29-10-13/h1-4,7-8,12-13,16,27H,5-6,9-10H2,(H,26,28)/t12-,16-. The van der Waals surface area contributed by atoms with E-state index in [1.165, 1.54) is 18.2 Å². The molecular weight excluding hydrogens is 381 g/mol. The van der Waals surface area contributed by atoms with Gasteiger partial charge >= 0.3 is 0 Å². The fourth-order valence-electron chi connectivity index (χ4n) is 4.19. The maximum absolute atomic E-state index is 14.4. The minimum absolute atomic E-state index is 0.00512. The van der Waals surface area contributed by atoms with Crippen LogP contribution in [0, 0.1) is 23.4 Å². The molecule has 2 aliphatic rings. The second-order valence-electron chi connectivity index (χ2n) is 7.84. The van der Waals surface area contributed by atoms with E-state index in [4.69, 9.17) is 4.74 Å². The van der Waals surface area contributed by atoms with Crippen LogP contribution in [0.2, 0.25) is 0 Å². The lowest BCUT2D eigenvalue weighted by Gasteiger charge is -2.38. The molecule has 0 spiro atoms. The van der Waals surface area contributed by atoms with E-state index in [9.17, 15) is 18.0 Å². The number of carbonyl (C=O) groups is 1. The van der Waals surface area contributed by atoms with Crippen LogP contribution in [0.4, 0.5) is 13.2 Å². The van der Waals surface area contributed by atoms with E-state index in [0.29, 0.717) is 42.7 Å². The van der Waals surface area contributed by atoms with E-state index in [2.05, 4.69) is 10.3 Å². The Balaban J connectivity index is 1.48. The maximum Gasteiger partial charge on any atom is 0.228 e. The smallest absolute Gasteiger partial charge is 0.228 e. The first-order chi connectivity index (χ1) is 14.0. The molecule has 0 atom stereocenters. The molecule has 1 aliphatic heterocycles. The SMILES string of the molecule is O=C(N[C@H]1C[C@H](c2c(-c3ccc(F)cc3)[nH]c3c(F)cc(F)cc32)C1)C1COC1. The number of benzene rings is 2. The van der Waals surface area contributed by atoms with Gasteiger partial charge in [-0.05, 0) is 60.2 Å². The van der Waals surface area contributed by atoms with E-state index >= 15 is 0 Å². The Kier molecular flexibility index (Phi) is 4.35. The molecule has 0 radical (unpaired) electrons. The molecule has 1 amide bonds. The maximum atomic E-state index is 14.4. The van der Waals surface area contributed by atoms with E-state index in [0.717, 1.165) is 11.6 Å². The Labute approximate surface area is 165 Å². The number of amides is 1. The predicted molar refractivity (Wildman–Crippen MR) is 102 cm³/mol. The molecule has 4 nitrogen and oxygen atoms in total. The second kappa shape index (κ2) is 6.91. The molecule has 1 saturated heterocycles. The van der Waals surface area contributed by atoms with Crippen molar-refractivity contribution in [2.45, 2.75) is 24.8 Å². The quantitative estimate of drug-likeness (QED) is 0.688.